The highest BCUT2D eigenvalue weighted by Crippen LogP contribution is 2.37. The molecule has 0 aliphatic carbocycles. The predicted molar refractivity (Wildman–Crippen MR) is 122 cm³/mol. The average Bonchev–Trinajstić information content (AvgIpc) is 3.39. The van der Waals surface area contributed by atoms with E-state index in [4.69, 9.17) is 4.98 Å². The molecule has 0 N–H and O–H groups in total. The minimum Gasteiger partial charge on any atom is -0.299 e. The molecule has 0 unspecified atom stereocenters. The van der Waals surface area contributed by atoms with Crippen molar-refractivity contribution in [2.24, 2.45) is 7.05 Å². The Morgan fingerprint density at radius 1 is 1.07 bits per heavy atom. The van der Waals surface area contributed by atoms with Gasteiger partial charge in [-0.1, -0.05) is 6.92 Å². The van der Waals surface area contributed by atoms with Crippen LogP contribution < -0.4 is 0 Å². The lowest BCUT2D eigenvalue weighted by Gasteiger charge is -2.24. The molecule has 5 rings (SSSR count). The molecule has 0 spiro atoms. The lowest BCUT2D eigenvalue weighted by Crippen LogP contribution is -2.29. The third-order valence-electron chi connectivity index (χ3n) is 5.84. The van der Waals surface area contributed by atoms with E-state index in [1.165, 1.54) is 20.9 Å². The summed E-state index contributed by atoms with van der Waals surface area (Å²) in [6, 6.07) is 8.83. The largest absolute Gasteiger partial charge is 0.299 e. The molecule has 4 aromatic rings. The zero-order valence-corrected chi connectivity index (χ0v) is 18.4. The van der Waals surface area contributed by atoms with E-state index >= 15 is 0 Å². The maximum atomic E-state index is 4.74. The Morgan fingerprint density at radius 3 is 2.77 bits per heavy atom. The van der Waals surface area contributed by atoms with Gasteiger partial charge < -0.3 is 0 Å². The number of thiophene rings is 1. The van der Waals surface area contributed by atoms with Gasteiger partial charge in [-0.15, -0.1) is 11.3 Å². The minimum atomic E-state index is 0.927. The summed E-state index contributed by atoms with van der Waals surface area (Å²) in [5.74, 6) is 0. The van der Waals surface area contributed by atoms with E-state index in [1.54, 1.807) is 4.68 Å². The third-order valence-corrected chi connectivity index (χ3v) is 7.12. The molecule has 0 saturated carbocycles. The van der Waals surface area contributed by atoms with Crippen molar-refractivity contribution < 1.29 is 0 Å². The molecule has 152 valence electrons. The van der Waals surface area contributed by atoms with Crippen molar-refractivity contribution in [1.29, 1.82) is 0 Å². The summed E-state index contributed by atoms with van der Waals surface area (Å²) in [6.45, 7) is 7.65. The molecule has 0 bridgehead atoms. The molecule has 1 aliphatic heterocycles. The van der Waals surface area contributed by atoms with E-state index in [-0.39, 0.29) is 0 Å². The first-order valence-electron chi connectivity index (χ1n) is 10.4. The Balaban J connectivity index is 1.51. The fraction of sp³-hybridized carbons (Fsp3) is 0.292. The van der Waals surface area contributed by atoms with E-state index in [2.05, 4.69) is 53.1 Å². The summed E-state index contributed by atoms with van der Waals surface area (Å²) in [4.78, 5) is 14.6. The zero-order valence-electron chi connectivity index (χ0n) is 17.6. The SMILES string of the molecule is CCN1CCc2sc(-c3cnc(C)c(-c4ccnc(-c5cnn(C)c5)c4)c3)cc2C1. The van der Waals surface area contributed by atoms with Crippen molar-refractivity contribution in [3.63, 3.8) is 0 Å². The number of fused-ring (bicyclic) bond motifs is 1. The van der Waals surface area contributed by atoms with E-state index in [0.29, 0.717) is 0 Å². The first kappa shape index (κ1) is 19.2. The topological polar surface area (TPSA) is 46.8 Å². The molecule has 4 aromatic heterocycles. The van der Waals surface area contributed by atoms with Crippen LogP contribution in [0.3, 0.4) is 0 Å². The van der Waals surface area contributed by atoms with Crippen LogP contribution in [-0.2, 0) is 20.0 Å². The first-order chi connectivity index (χ1) is 14.6. The summed E-state index contributed by atoms with van der Waals surface area (Å²) in [7, 11) is 1.92. The molecule has 0 saturated heterocycles. The minimum absolute atomic E-state index is 0.927. The fourth-order valence-electron chi connectivity index (χ4n) is 4.07. The second-order valence-electron chi connectivity index (χ2n) is 7.87. The normalized spacial score (nSPS) is 14.1. The van der Waals surface area contributed by atoms with Gasteiger partial charge in [-0.25, -0.2) is 0 Å². The smallest absolute Gasteiger partial charge is 0.0739 e. The van der Waals surface area contributed by atoms with E-state index in [1.807, 2.05) is 43.2 Å². The van der Waals surface area contributed by atoms with Gasteiger partial charge in [0.2, 0.25) is 0 Å². The number of likely N-dealkylation sites (N-methyl/N-ethyl adjacent to an activating group) is 1. The number of hydrogen-bond acceptors (Lipinski definition) is 5. The number of nitrogens with zero attached hydrogens (tertiary/aromatic N) is 5. The maximum Gasteiger partial charge on any atom is 0.0739 e. The molecule has 1 aliphatic rings. The van der Waals surface area contributed by atoms with Crippen molar-refractivity contribution in [3.8, 4) is 32.8 Å². The van der Waals surface area contributed by atoms with Crippen LogP contribution in [0.2, 0.25) is 0 Å². The zero-order chi connectivity index (χ0) is 20.7. The highest BCUT2D eigenvalue weighted by molar-refractivity contribution is 7.15. The summed E-state index contributed by atoms with van der Waals surface area (Å²) < 4.78 is 1.80. The van der Waals surface area contributed by atoms with Crippen molar-refractivity contribution >= 4 is 11.3 Å². The molecule has 6 heteroatoms. The van der Waals surface area contributed by atoms with Crippen LogP contribution in [0.25, 0.3) is 32.8 Å². The van der Waals surface area contributed by atoms with Gasteiger partial charge in [0.25, 0.3) is 0 Å². The van der Waals surface area contributed by atoms with E-state index < -0.39 is 0 Å². The first-order valence-corrected chi connectivity index (χ1v) is 11.2. The van der Waals surface area contributed by atoms with E-state index in [0.717, 1.165) is 54.1 Å². The highest BCUT2D eigenvalue weighted by Gasteiger charge is 2.19. The fourth-order valence-corrected chi connectivity index (χ4v) is 5.22. The molecule has 0 aromatic carbocycles. The van der Waals surface area contributed by atoms with Crippen LogP contribution in [0, 0.1) is 6.92 Å². The van der Waals surface area contributed by atoms with E-state index in [9.17, 15) is 0 Å². The Hall–Kier alpha value is -2.83. The van der Waals surface area contributed by atoms with Gasteiger partial charge in [-0.2, -0.15) is 5.10 Å². The van der Waals surface area contributed by atoms with Crippen LogP contribution >= 0.6 is 11.3 Å². The molecule has 5 nitrogen and oxygen atoms in total. The van der Waals surface area contributed by atoms with Crippen molar-refractivity contribution in [2.45, 2.75) is 26.8 Å². The predicted octanol–water partition coefficient (Wildman–Crippen LogP) is 4.96. The number of aromatic nitrogens is 4. The van der Waals surface area contributed by atoms with Gasteiger partial charge in [0, 0.05) is 70.9 Å². The Kier molecular flexibility index (Phi) is 4.97. The van der Waals surface area contributed by atoms with Crippen LogP contribution in [0.1, 0.15) is 23.1 Å². The molecular formula is C24H25N5S. The van der Waals surface area contributed by atoms with Gasteiger partial charge >= 0.3 is 0 Å². The average molecular weight is 416 g/mol. The number of rotatable bonds is 4. The number of hydrogen-bond donors (Lipinski definition) is 0. The number of aryl methyl sites for hydroxylation is 2. The number of pyridine rings is 2. The molecule has 0 atom stereocenters. The van der Waals surface area contributed by atoms with Crippen LogP contribution in [-0.4, -0.2) is 37.7 Å². The Morgan fingerprint density at radius 2 is 1.97 bits per heavy atom. The standard InChI is InChI=1S/C24H25N5S/c1-4-29-8-6-23-19(15-29)11-24(30-23)18-9-21(16(2)26-12-18)17-5-7-25-22(10-17)20-13-27-28(3)14-20/h5,7,9-14H,4,6,8,15H2,1-3H3. The Labute approximate surface area is 181 Å². The highest BCUT2D eigenvalue weighted by atomic mass is 32.1. The summed E-state index contributed by atoms with van der Waals surface area (Å²) >= 11 is 1.92. The van der Waals surface area contributed by atoms with Crippen molar-refractivity contribution in [2.75, 3.05) is 13.1 Å². The van der Waals surface area contributed by atoms with Crippen LogP contribution in [0.15, 0.2) is 49.1 Å². The summed E-state index contributed by atoms with van der Waals surface area (Å²) in [5, 5.41) is 4.27. The van der Waals surface area contributed by atoms with Crippen molar-refractivity contribution in [1.82, 2.24) is 24.6 Å². The second-order valence-corrected chi connectivity index (χ2v) is 9.00. The van der Waals surface area contributed by atoms with Gasteiger partial charge in [0.1, 0.15) is 0 Å². The Bertz CT molecular complexity index is 1210. The molecular weight excluding hydrogens is 390 g/mol. The monoisotopic (exact) mass is 415 g/mol. The molecule has 0 radical (unpaired) electrons. The van der Waals surface area contributed by atoms with Gasteiger partial charge in [-0.05, 0) is 55.3 Å². The van der Waals surface area contributed by atoms with Crippen LogP contribution in [0.4, 0.5) is 0 Å². The van der Waals surface area contributed by atoms with Gasteiger partial charge in [0.05, 0.1) is 11.9 Å². The second kappa shape index (κ2) is 7.78. The molecule has 5 heterocycles. The molecule has 30 heavy (non-hydrogen) atoms. The van der Waals surface area contributed by atoms with Crippen molar-refractivity contribution in [3.05, 3.63) is 65.2 Å². The van der Waals surface area contributed by atoms with Crippen LogP contribution in [0.5, 0.6) is 0 Å². The quantitative estimate of drug-likeness (QED) is 0.473. The third kappa shape index (κ3) is 3.57. The molecule has 0 amide bonds. The lowest BCUT2D eigenvalue weighted by molar-refractivity contribution is 0.270. The maximum absolute atomic E-state index is 4.74. The molecule has 0 fully saturated rings. The summed E-state index contributed by atoms with van der Waals surface area (Å²) in [6.07, 6.45) is 8.87. The lowest BCUT2D eigenvalue weighted by atomic mass is 10.0. The summed E-state index contributed by atoms with van der Waals surface area (Å²) in [5.41, 5.74) is 7.94. The van der Waals surface area contributed by atoms with Gasteiger partial charge in [0.15, 0.2) is 0 Å². The van der Waals surface area contributed by atoms with Gasteiger partial charge in [-0.3, -0.25) is 19.5 Å².